The predicted molar refractivity (Wildman–Crippen MR) is 107 cm³/mol. The molecule has 4 rings (SSSR count). The number of halogens is 1. The number of nitrogens with zero attached hydrogens (tertiary/aromatic N) is 2. The van der Waals surface area contributed by atoms with Crippen molar-refractivity contribution in [1.29, 1.82) is 0 Å². The van der Waals surface area contributed by atoms with Crippen LogP contribution in [-0.4, -0.2) is 27.5 Å². The number of carbonyl (C=O) groups excluding carboxylic acids is 1. The van der Waals surface area contributed by atoms with Gasteiger partial charge >= 0.3 is 0 Å². The number of benzene rings is 2. The molecule has 0 saturated carbocycles. The molecular formula is C21H22BrN3O. The number of hydrogen-bond acceptors (Lipinski definition) is 2. The zero-order chi connectivity index (χ0) is 18.1. The monoisotopic (exact) mass is 411 g/mol. The Hall–Kier alpha value is -2.14. The van der Waals surface area contributed by atoms with Crippen LogP contribution in [0.15, 0.2) is 46.9 Å². The molecule has 1 aliphatic heterocycles. The predicted octanol–water partition coefficient (Wildman–Crippen LogP) is 5.26. The first-order valence-electron chi connectivity index (χ1n) is 9.21. The lowest BCUT2D eigenvalue weighted by Crippen LogP contribution is -2.30. The van der Waals surface area contributed by atoms with Gasteiger partial charge in [-0.15, -0.1) is 0 Å². The third kappa shape index (κ3) is 3.16. The van der Waals surface area contributed by atoms with Crippen molar-refractivity contribution < 1.29 is 4.79 Å². The minimum absolute atomic E-state index is 0.112. The van der Waals surface area contributed by atoms with E-state index < -0.39 is 0 Å². The fraction of sp³-hybridized carbons (Fsp3) is 0.333. The highest BCUT2D eigenvalue weighted by Gasteiger charge is 2.30. The minimum atomic E-state index is 0.112. The standard InChI is InChI=1S/C21H22BrN3O/c1-2-4-18-17-13-15(8-11-19(17)24-23-18)21(26)25-12-3-5-20(25)14-6-9-16(22)10-7-14/h6-11,13,20H,2-5,12H2,1H3,(H,23,24)/t20-/m1/s1. The van der Waals surface area contributed by atoms with Crippen molar-refractivity contribution in [1.82, 2.24) is 15.1 Å². The number of nitrogens with one attached hydrogen (secondary N) is 1. The normalized spacial score (nSPS) is 17.2. The molecule has 0 radical (unpaired) electrons. The number of fused-ring (bicyclic) bond motifs is 1. The molecule has 0 aliphatic carbocycles. The van der Waals surface area contributed by atoms with Gasteiger partial charge in [0.05, 0.1) is 11.6 Å². The van der Waals surface area contributed by atoms with Gasteiger partial charge in [0.1, 0.15) is 0 Å². The van der Waals surface area contributed by atoms with Crippen LogP contribution in [0.4, 0.5) is 0 Å². The van der Waals surface area contributed by atoms with E-state index in [1.54, 1.807) is 0 Å². The summed E-state index contributed by atoms with van der Waals surface area (Å²) in [5.74, 6) is 0.112. The van der Waals surface area contributed by atoms with Crippen molar-refractivity contribution in [2.24, 2.45) is 0 Å². The highest BCUT2D eigenvalue weighted by atomic mass is 79.9. The number of aromatic amines is 1. The Morgan fingerprint density at radius 1 is 1.27 bits per heavy atom. The van der Waals surface area contributed by atoms with Gasteiger partial charge in [-0.1, -0.05) is 41.4 Å². The van der Waals surface area contributed by atoms with Crippen molar-refractivity contribution in [2.45, 2.75) is 38.6 Å². The second-order valence-corrected chi connectivity index (χ2v) is 7.81. The maximum absolute atomic E-state index is 13.2. The molecule has 1 saturated heterocycles. The minimum Gasteiger partial charge on any atom is -0.332 e. The van der Waals surface area contributed by atoms with Gasteiger partial charge in [-0.25, -0.2) is 0 Å². The third-order valence-corrected chi connectivity index (χ3v) is 5.68. The number of hydrogen-bond donors (Lipinski definition) is 1. The van der Waals surface area contributed by atoms with E-state index >= 15 is 0 Å². The van der Waals surface area contributed by atoms with Gasteiger partial charge in [-0.05, 0) is 55.2 Å². The van der Waals surface area contributed by atoms with Gasteiger partial charge in [0.25, 0.3) is 5.91 Å². The second-order valence-electron chi connectivity index (χ2n) is 6.89. The van der Waals surface area contributed by atoms with Gasteiger partial charge in [0.15, 0.2) is 0 Å². The maximum Gasteiger partial charge on any atom is 0.254 e. The van der Waals surface area contributed by atoms with E-state index in [0.29, 0.717) is 0 Å². The Balaban J connectivity index is 1.64. The third-order valence-electron chi connectivity index (χ3n) is 5.15. The van der Waals surface area contributed by atoms with Crippen molar-refractivity contribution in [3.63, 3.8) is 0 Å². The molecule has 0 unspecified atom stereocenters. The van der Waals surface area contributed by atoms with E-state index in [2.05, 4.69) is 45.2 Å². The average Bonchev–Trinajstić information content (AvgIpc) is 3.29. The number of H-pyrrole nitrogens is 1. The van der Waals surface area contributed by atoms with Crippen LogP contribution >= 0.6 is 15.9 Å². The first-order chi connectivity index (χ1) is 12.7. The molecule has 1 atom stereocenters. The fourth-order valence-electron chi connectivity index (χ4n) is 3.84. The number of aryl methyl sites for hydroxylation is 1. The zero-order valence-electron chi connectivity index (χ0n) is 14.8. The number of aromatic nitrogens is 2. The van der Waals surface area contributed by atoms with Crippen LogP contribution in [0.5, 0.6) is 0 Å². The lowest BCUT2D eigenvalue weighted by atomic mass is 10.0. The van der Waals surface area contributed by atoms with E-state index in [9.17, 15) is 4.79 Å². The fourth-order valence-corrected chi connectivity index (χ4v) is 4.11. The molecule has 0 spiro atoms. The Morgan fingerprint density at radius 2 is 2.08 bits per heavy atom. The SMILES string of the molecule is CCCc1[nH]nc2ccc(C(=O)N3CCC[C@@H]3c3ccc(Br)cc3)cc12. The van der Waals surface area contributed by atoms with Crippen LogP contribution in [0.25, 0.3) is 10.9 Å². The van der Waals surface area contributed by atoms with Crippen molar-refractivity contribution in [2.75, 3.05) is 6.54 Å². The Bertz CT molecular complexity index is 932. The highest BCUT2D eigenvalue weighted by molar-refractivity contribution is 9.10. The molecule has 1 aromatic heterocycles. The van der Waals surface area contributed by atoms with E-state index in [0.717, 1.165) is 58.9 Å². The summed E-state index contributed by atoms with van der Waals surface area (Å²) in [4.78, 5) is 15.2. The molecule has 0 bridgehead atoms. The second kappa shape index (κ2) is 7.23. The summed E-state index contributed by atoms with van der Waals surface area (Å²) in [6.07, 6.45) is 4.05. The molecule has 5 heteroatoms. The number of rotatable bonds is 4. The summed E-state index contributed by atoms with van der Waals surface area (Å²) in [6.45, 7) is 2.96. The number of carbonyl (C=O) groups is 1. The molecule has 26 heavy (non-hydrogen) atoms. The van der Waals surface area contributed by atoms with Crippen molar-refractivity contribution in [3.8, 4) is 0 Å². The van der Waals surface area contributed by atoms with Gasteiger partial charge in [-0.2, -0.15) is 5.10 Å². The van der Waals surface area contributed by atoms with Crippen molar-refractivity contribution in [3.05, 3.63) is 63.8 Å². The summed E-state index contributed by atoms with van der Waals surface area (Å²) in [5.41, 5.74) is 3.99. The molecule has 3 aromatic rings. The molecular weight excluding hydrogens is 390 g/mol. The number of amides is 1. The smallest absolute Gasteiger partial charge is 0.254 e. The molecule has 2 heterocycles. The van der Waals surface area contributed by atoms with Crippen LogP contribution in [0.2, 0.25) is 0 Å². The van der Waals surface area contributed by atoms with Crippen LogP contribution in [0.3, 0.4) is 0 Å². The number of likely N-dealkylation sites (tertiary alicyclic amines) is 1. The van der Waals surface area contributed by atoms with Gasteiger partial charge in [-0.3, -0.25) is 9.89 Å². The van der Waals surface area contributed by atoms with Crippen LogP contribution < -0.4 is 0 Å². The van der Waals surface area contributed by atoms with E-state index in [-0.39, 0.29) is 11.9 Å². The lowest BCUT2D eigenvalue weighted by Gasteiger charge is -2.25. The molecule has 1 N–H and O–H groups in total. The summed E-state index contributed by atoms with van der Waals surface area (Å²) in [6, 6.07) is 14.3. The zero-order valence-corrected chi connectivity index (χ0v) is 16.4. The molecule has 2 aromatic carbocycles. The average molecular weight is 412 g/mol. The summed E-state index contributed by atoms with van der Waals surface area (Å²) in [7, 11) is 0. The molecule has 1 aliphatic rings. The Morgan fingerprint density at radius 3 is 2.85 bits per heavy atom. The van der Waals surface area contributed by atoms with E-state index in [4.69, 9.17) is 0 Å². The first-order valence-corrected chi connectivity index (χ1v) is 10.00. The molecule has 1 amide bonds. The van der Waals surface area contributed by atoms with E-state index in [1.807, 2.05) is 35.2 Å². The maximum atomic E-state index is 13.2. The quantitative estimate of drug-likeness (QED) is 0.636. The highest BCUT2D eigenvalue weighted by Crippen LogP contribution is 2.34. The summed E-state index contributed by atoms with van der Waals surface area (Å²) >= 11 is 3.48. The largest absolute Gasteiger partial charge is 0.332 e. The Labute approximate surface area is 161 Å². The summed E-state index contributed by atoms with van der Waals surface area (Å²) in [5, 5.41) is 8.53. The summed E-state index contributed by atoms with van der Waals surface area (Å²) < 4.78 is 1.06. The van der Waals surface area contributed by atoms with Crippen LogP contribution in [0, 0.1) is 0 Å². The lowest BCUT2D eigenvalue weighted by molar-refractivity contribution is 0.0736. The molecule has 134 valence electrons. The topological polar surface area (TPSA) is 49.0 Å². The van der Waals surface area contributed by atoms with Gasteiger partial charge in [0.2, 0.25) is 0 Å². The van der Waals surface area contributed by atoms with Gasteiger partial charge in [0, 0.05) is 27.7 Å². The van der Waals surface area contributed by atoms with Crippen LogP contribution in [0.1, 0.15) is 53.8 Å². The first kappa shape index (κ1) is 17.3. The molecule has 4 nitrogen and oxygen atoms in total. The van der Waals surface area contributed by atoms with E-state index in [1.165, 1.54) is 5.56 Å². The van der Waals surface area contributed by atoms with Crippen LogP contribution in [-0.2, 0) is 6.42 Å². The Kier molecular flexibility index (Phi) is 4.81. The van der Waals surface area contributed by atoms with Crippen molar-refractivity contribution >= 4 is 32.7 Å². The van der Waals surface area contributed by atoms with Gasteiger partial charge < -0.3 is 4.90 Å². The molecule has 1 fully saturated rings.